The molecule has 8 nitrogen and oxygen atoms in total. The molecular formula is C24H34N6O2. The third kappa shape index (κ3) is 5.68. The van der Waals surface area contributed by atoms with Gasteiger partial charge in [0.25, 0.3) is 0 Å². The van der Waals surface area contributed by atoms with Gasteiger partial charge >= 0.3 is 6.01 Å². The van der Waals surface area contributed by atoms with Gasteiger partial charge in [-0.05, 0) is 56.3 Å². The Morgan fingerprint density at radius 2 is 2.03 bits per heavy atom. The first-order valence-electron chi connectivity index (χ1n) is 11.7. The first-order chi connectivity index (χ1) is 15.7. The predicted molar refractivity (Wildman–Crippen MR) is 127 cm³/mol. The average Bonchev–Trinajstić information content (AvgIpc) is 3.50. The standard InChI is InChI=1S/C24H34N6O2/c1-2-3-13-32-24-27-22(25)21(26-17-31)23(28-24)30(20-9-10-20)16-19-8-6-7-18(14-19)15-29-11-4-5-12-29/h6-8,14,17,20H,2-5,9-13,15-16H2,1H3,(H,26,31)(H2,25,27,28). The van der Waals surface area contributed by atoms with Crippen molar-refractivity contribution in [1.29, 1.82) is 0 Å². The van der Waals surface area contributed by atoms with Crippen LogP contribution in [0.25, 0.3) is 0 Å². The lowest BCUT2D eigenvalue weighted by molar-refractivity contribution is -0.105. The van der Waals surface area contributed by atoms with Crippen LogP contribution in [0.4, 0.5) is 17.3 Å². The molecule has 1 amide bonds. The van der Waals surface area contributed by atoms with Crippen molar-refractivity contribution in [2.75, 3.05) is 35.6 Å². The number of carbonyl (C=O) groups is 1. The Morgan fingerprint density at radius 1 is 1.25 bits per heavy atom. The van der Waals surface area contributed by atoms with E-state index in [9.17, 15) is 4.79 Å². The van der Waals surface area contributed by atoms with Crippen LogP contribution in [0, 0.1) is 0 Å². The number of rotatable bonds is 12. The maximum absolute atomic E-state index is 11.3. The molecule has 2 heterocycles. The van der Waals surface area contributed by atoms with E-state index in [1.165, 1.54) is 37.1 Å². The molecule has 0 spiro atoms. The number of hydrogen-bond acceptors (Lipinski definition) is 7. The number of nitrogens with two attached hydrogens (primary N) is 1. The molecule has 32 heavy (non-hydrogen) atoms. The highest BCUT2D eigenvalue weighted by Gasteiger charge is 2.33. The van der Waals surface area contributed by atoms with E-state index in [1.54, 1.807) is 0 Å². The Morgan fingerprint density at radius 3 is 2.75 bits per heavy atom. The summed E-state index contributed by atoms with van der Waals surface area (Å²) in [6.45, 7) is 6.69. The van der Waals surface area contributed by atoms with Gasteiger partial charge in [0.15, 0.2) is 11.6 Å². The molecule has 172 valence electrons. The topological polar surface area (TPSA) is 96.6 Å². The number of benzene rings is 1. The number of aromatic nitrogens is 2. The zero-order chi connectivity index (χ0) is 22.3. The molecule has 2 aliphatic rings. The molecular weight excluding hydrogens is 404 g/mol. The summed E-state index contributed by atoms with van der Waals surface area (Å²) in [6.07, 6.45) is 7.32. The molecule has 0 bridgehead atoms. The normalized spacial score (nSPS) is 16.2. The molecule has 1 aliphatic heterocycles. The zero-order valence-corrected chi connectivity index (χ0v) is 18.9. The van der Waals surface area contributed by atoms with Crippen LogP contribution in [0.2, 0.25) is 0 Å². The van der Waals surface area contributed by atoms with Crippen LogP contribution in [0.5, 0.6) is 6.01 Å². The van der Waals surface area contributed by atoms with Crippen LogP contribution in [0.15, 0.2) is 24.3 Å². The van der Waals surface area contributed by atoms with Gasteiger partial charge in [0.1, 0.15) is 5.69 Å². The van der Waals surface area contributed by atoms with Gasteiger partial charge in [-0.25, -0.2) is 0 Å². The van der Waals surface area contributed by atoms with Crippen LogP contribution < -0.4 is 20.7 Å². The fourth-order valence-electron chi connectivity index (χ4n) is 4.21. The van der Waals surface area contributed by atoms with Crippen molar-refractivity contribution in [1.82, 2.24) is 14.9 Å². The van der Waals surface area contributed by atoms with Crippen molar-refractivity contribution in [2.45, 2.75) is 64.6 Å². The molecule has 1 saturated heterocycles. The van der Waals surface area contributed by atoms with Crippen LogP contribution >= 0.6 is 0 Å². The lowest BCUT2D eigenvalue weighted by atomic mass is 10.1. The summed E-state index contributed by atoms with van der Waals surface area (Å²) in [5.74, 6) is 0.852. The largest absolute Gasteiger partial charge is 0.463 e. The molecule has 2 fully saturated rings. The SMILES string of the molecule is CCCCOc1nc(N)c(NC=O)c(N(Cc2cccc(CN3CCCC3)c2)C2CC2)n1. The molecule has 0 unspecified atom stereocenters. The number of likely N-dealkylation sites (tertiary alicyclic amines) is 1. The summed E-state index contributed by atoms with van der Waals surface area (Å²) in [5, 5.41) is 2.71. The Kier molecular flexibility index (Phi) is 7.42. The molecule has 4 rings (SSSR count). The highest BCUT2D eigenvalue weighted by atomic mass is 16.5. The van der Waals surface area contributed by atoms with Crippen molar-refractivity contribution in [3.05, 3.63) is 35.4 Å². The molecule has 8 heteroatoms. The van der Waals surface area contributed by atoms with Crippen molar-refractivity contribution < 1.29 is 9.53 Å². The number of nitrogen functional groups attached to an aromatic ring is 1. The number of nitrogens with zero attached hydrogens (tertiary/aromatic N) is 4. The number of amides is 1. The quantitative estimate of drug-likeness (QED) is 0.386. The molecule has 3 N–H and O–H groups in total. The highest BCUT2D eigenvalue weighted by Crippen LogP contribution is 2.38. The molecule has 1 saturated carbocycles. The first kappa shape index (κ1) is 22.3. The third-order valence-electron chi connectivity index (χ3n) is 6.04. The summed E-state index contributed by atoms with van der Waals surface area (Å²) in [5.41, 5.74) is 9.19. The van der Waals surface area contributed by atoms with Gasteiger partial charge in [-0.3, -0.25) is 9.69 Å². The van der Waals surface area contributed by atoms with Crippen molar-refractivity contribution in [3.63, 3.8) is 0 Å². The molecule has 2 aromatic rings. The van der Waals surface area contributed by atoms with Crippen molar-refractivity contribution >= 4 is 23.7 Å². The second-order valence-corrected chi connectivity index (χ2v) is 8.72. The van der Waals surface area contributed by atoms with E-state index in [0.29, 0.717) is 37.1 Å². The zero-order valence-electron chi connectivity index (χ0n) is 18.9. The summed E-state index contributed by atoms with van der Waals surface area (Å²) < 4.78 is 5.74. The third-order valence-corrected chi connectivity index (χ3v) is 6.04. The van der Waals surface area contributed by atoms with Gasteiger partial charge in [0.05, 0.1) is 6.61 Å². The summed E-state index contributed by atoms with van der Waals surface area (Å²) in [4.78, 5) is 24.9. The Bertz CT molecular complexity index is 911. The van der Waals surface area contributed by atoms with Gasteiger partial charge in [-0.15, -0.1) is 0 Å². The highest BCUT2D eigenvalue weighted by molar-refractivity contribution is 5.86. The number of unbranched alkanes of at least 4 members (excludes halogenated alkanes) is 1. The Balaban J connectivity index is 1.58. The van der Waals surface area contributed by atoms with E-state index >= 15 is 0 Å². The molecule has 1 aromatic heterocycles. The fourth-order valence-corrected chi connectivity index (χ4v) is 4.21. The maximum atomic E-state index is 11.3. The number of carbonyl (C=O) groups excluding carboxylic acids is 1. The monoisotopic (exact) mass is 438 g/mol. The molecule has 0 atom stereocenters. The van der Waals surface area contributed by atoms with Crippen LogP contribution in [0.3, 0.4) is 0 Å². The minimum atomic E-state index is 0.224. The smallest absolute Gasteiger partial charge is 0.320 e. The van der Waals surface area contributed by atoms with Crippen LogP contribution in [-0.4, -0.2) is 47.0 Å². The summed E-state index contributed by atoms with van der Waals surface area (Å²) >= 11 is 0. The molecule has 1 aliphatic carbocycles. The van der Waals surface area contributed by atoms with Gasteiger partial charge in [0.2, 0.25) is 6.41 Å². The average molecular weight is 439 g/mol. The Hall–Kier alpha value is -2.87. The van der Waals surface area contributed by atoms with Crippen molar-refractivity contribution in [3.8, 4) is 6.01 Å². The number of ether oxygens (including phenoxy) is 1. The van der Waals surface area contributed by atoms with Gasteiger partial charge in [-0.2, -0.15) is 9.97 Å². The fraction of sp³-hybridized carbons (Fsp3) is 0.542. The van der Waals surface area contributed by atoms with Crippen LogP contribution in [0.1, 0.15) is 56.6 Å². The van der Waals surface area contributed by atoms with Crippen LogP contribution in [-0.2, 0) is 17.9 Å². The second-order valence-electron chi connectivity index (χ2n) is 8.72. The Labute approximate surface area is 190 Å². The van der Waals surface area contributed by atoms with E-state index < -0.39 is 0 Å². The van der Waals surface area contributed by atoms with E-state index in [0.717, 1.165) is 32.2 Å². The summed E-state index contributed by atoms with van der Waals surface area (Å²) in [6, 6.07) is 9.38. The van der Waals surface area contributed by atoms with E-state index in [4.69, 9.17) is 10.5 Å². The number of hydrogen-bond donors (Lipinski definition) is 2. The number of nitrogens with one attached hydrogen (secondary N) is 1. The van der Waals surface area contributed by atoms with Gasteiger partial charge in [0, 0.05) is 19.1 Å². The van der Waals surface area contributed by atoms with Crippen molar-refractivity contribution in [2.24, 2.45) is 0 Å². The predicted octanol–water partition coefficient (Wildman–Crippen LogP) is 3.57. The lowest BCUT2D eigenvalue weighted by Gasteiger charge is -2.27. The molecule has 1 aromatic carbocycles. The minimum absolute atomic E-state index is 0.224. The van der Waals surface area contributed by atoms with E-state index in [2.05, 4.69) is 56.3 Å². The lowest BCUT2D eigenvalue weighted by Crippen LogP contribution is -2.28. The van der Waals surface area contributed by atoms with E-state index in [-0.39, 0.29) is 11.8 Å². The molecule has 0 radical (unpaired) electrons. The number of anilines is 3. The van der Waals surface area contributed by atoms with Gasteiger partial charge in [-0.1, -0.05) is 37.6 Å². The first-order valence-corrected chi connectivity index (χ1v) is 11.7. The minimum Gasteiger partial charge on any atom is -0.463 e. The second kappa shape index (κ2) is 10.6. The van der Waals surface area contributed by atoms with Gasteiger partial charge < -0.3 is 20.7 Å². The summed E-state index contributed by atoms with van der Waals surface area (Å²) in [7, 11) is 0. The van der Waals surface area contributed by atoms with E-state index in [1.807, 2.05) is 0 Å². The maximum Gasteiger partial charge on any atom is 0.320 e.